The van der Waals surface area contributed by atoms with E-state index in [4.69, 9.17) is 27.9 Å². The quantitative estimate of drug-likeness (QED) is 0.776. The summed E-state index contributed by atoms with van der Waals surface area (Å²) in [5.74, 6) is -0.164. The molecule has 0 unspecified atom stereocenters. The standard InChI is InChI=1S/C18H20Cl2N4O3/c1-22(2)17(25)16-9-15-10-23(4-3-5-24(15)21-16)18(26)27-11-12-6-13(19)8-14(20)7-12/h6-9H,3-5,10-11H2,1-2H3. The maximum absolute atomic E-state index is 12.5. The van der Waals surface area contributed by atoms with Crippen LogP contribution in [-0.2, 0) is 24.4 Å². The summed E-state index contributed by atoms with van der Waals surface area (Å²) in [6.45, 7) is 1.61. The minimum Gasteiger partial charge on any atom is -0.445 e. The summed E-state index contributed by atoms with van der Waals surface area (Å²) in [4.78, 5) is 27.7. The minimum atomic E-state index is -0.429. The van der Waals surface area contributed by atoms with Gasteiger partial charge in [-0.15, -0.1) is 0 Å². The lowest BCUT2D eigenvalue weighted by Gasteiger charge is -2.19. The van der Waals surface area contributed by atoms with Crippen LogP contribution < -0.4 is 0 Å². The fourth-order valence-corrected chi connectivity index (χ4v) is 3.45. The zero-order valence-corrected chi connectivity index (χ0v) is 16.6. The van der Waals surface area contributed by atoms with Crippen LogP contribution >= 0.6 is 23.2 Å². The van der Waals surface area contributed by atoms with E-state index in [-0.39, 0.29) is 12.5 Å². The number of carbonyl (C=O) groups excluding carboxylic acids is 2. The van der Waals surface area contributed by atoms with Crippen molar-refractivity contribution in [1.82, 2.24) is 19.6 Å². The van der Waals surface area contributed by atoms with Crippen LogP contribution in [0.4, 0.5) is 4.79 Å². The lowest BCUT2D eigenvalue weighted by Crippen LogP contribution is -2.31. The van der Waals surface area contributed by atoms with Gasteiger partial charge in [-0.25, -0.2) is 4.79 Å². The van der Waals surface area contributed by atoms with Crippen molar-refractivity contribution in [2.45, 2.75) is 26.1 Å². The second-order valence-electron chi connectivity index (χ2n) is 6.55. The highest BCUT2D eigenvalue weighted by molar-refractivity contribution is 6.34. The topological polar surface area (TPSA) is 67.7 Å². The molecule has 0 saturated carbocycles. The van der Waals surface area contributed by atoms with Crippen LogP contribution in [0.2, 0.25) is 10.0 Å². The predicted molar refractivity (Wildman–Crippen MR) is 102 cm³/mol. The molecule has 1 aromatic carbocycles. The van der Waals surface area contributed by atoms with E-state index < -0.39 is 6.09 Å². The van der Waals surface area contributed by atoms with E-state index in [2.05, 4.69) is 5.10 Å². The Hall–Kier alpha value is -2.25. The van der Waals surface area contributed by atoms with Gasteiger partial charge in [0.15, 0.2) is 5.69 Å². The maximum Gasteiger partial charge on any atom is 0.410 e. The van der Waals surface area contributed by atoms with Crippen molar-refractivity contribution in [3.8, 4) is 0 Å². The van der Waals surface area contributed by atoms with E-state index in [0.29, 0.717) is 35.4 Å². The fourth-order valence-electron chi connectivity index (χ4n) is 2.88. The number of amides is 2. The third-order valence-electron chi connectivity index (χ3n) is 4.18. The molecule has 7 nitrogen and oxygen atoms in total. The van der Waals surface area contributed by atoms with Crippen molar-refractivity contribution in [2.75, 3.05) is 20.6 Å². The molecule has 0 bridgehead atoms. The number of ether oxygens (including phenoxy) is 1. The Bertz CT molecular complexity index is 846. The van der Waals surface area contributed by atoms with E-state index >= 15 is 0 Å². The first-order chi connectivity index (χ1) is 12.8. The number of hydrogen-bond acceptors (Lipinski definition) is 4. The molecular formula is C18H20Cl2N4O3. The first kappa shape index (κ1) is 19.5. The zero-order valence-electron chi connectivity index (χ0n) is 15.1. The molecule has 0 N–H and O–H groups in total. The Labute approximate surface area is 167 Å². The number of hydrogen-bond donors (Lipinski definition) is 0. The van der Waals surface area contributed by atoms with Crippen molar-refractivity contribution in [3.63, 3.8) is 0 Å². The van der Waals surface area contributed by atoms with Crippen LogP contribution in [0.5, 0.6) is 0 Å². The first-order valence-corrected chi connectivity index (χ1v) is 9.24. The Kier molecular flexibility index (Phi) is 5.92. The largest absolute Gasteiger partial charge is 0.445 e. The maximum atomic E-state index is 12.5. The molecule has 2 aromatic rings. The Morgan fingerprint density at radius 2 is 1.85 bits per heavy atom. The fraction of sp³-hybridized carbons (Fsp3) is 0.389. The highest BCUT2D eigenvalue weighted by atomic mass is 35.5. The molecule has 0 saturated heterocycles. The van der Waals surface area contributed by atoms with Gasteiger partial charge in [0.05, 0.1) is 12.2 Å². The number of halogens is 2. The molecule has 9 heteroatoms. The molecule has 27 heavy (non-hydrogen) atoms. The number of fused-ring (bicyclic) bond motifs is 1. The van der Waals surface area contributed by atoms with Gasteiger partial charge in [-0.05, 0) is 36.2 Å². The van der Waals surface area contributed by atoms with Gasteiger partial charge >= 0.3 is 6.09 Å². The average molecular weight is 411 g/mol. The van der Waals surface area contributed by atoms with E-state index in [1.54, 1.807) is 47.9 Å². The third kappa shape index (κ3) is 4.73. The highest BCUT2D eigenvalue weighted by Gasteiger charge is 2.23. The van der Waals surface area contributed by atoms with E-state index in [9.17, 15) is 9.59 Å². The van der Waals surface area contributed by atoms with Gasteiger partial charge in [-0.2, -0.15) is 5.10 Å². The van der Waals surface area contributed by atoms with Crippen LogP contribution in [0.15, 0.2) is 24.3 Å². The summed E-state index contributed by atoms with van der Waals surface area (Å²) in [6, 6.07) is 6.76. The second kappa shape index (κ2) is 8.19. The van der Waals surface area contributed by atoms with Gasteiger partial charge in [0, 0.05) is 37.2 Å². The van der Waals surface area contributed by atoms with Crippen molar-refractivity contribution < 1.29 is 14.3 Å². The number of aryl methyl sites for hydroxylation is 1. The Morgan fingerprint density at radius 3 is 2.52 bits per heavy atom. The van der Waals surface area contributed by atoms with Crippen LogP contribution in [0, 0.1) is 0 Å². The molecule has 0 atom stereocenters. The number of aromatic nitrogens is 2. The second-order valence-corrected chi connectivity index (χ2v) is 7.42. The SMILES string of the molecule is CN(C)C(=O)c1cc2n(n1)CCCN(C(=O)OCc1cc(Cl)cc(Cl)c1)C2. The van der Waals surface area contributed by atoms with Crippen LogP contribution in [0.3, 0.4) is 0 Å². The molecule has 1 aromatic heterocycles. The number of rotatable bonds is 3. The number of benzene rings is 1. The van der Waals surface area contributed by atoms with Crippen LogP contribution in [0.25, 0.3) is 0 Å². The van der Waals surface area contributed by atoms with Gasteiger partial charge in [-0.1, -0.05) is 23.2 Å². The minimum absolute atomic E-state index is 0.0826. The van der Waals surface area contributed by atoms with Gasteiger partial charge in [0.2, 0.25) is 0 Å². The molecule has 3 rings (SSSR count). The predicted octanol–water partition coefficient (Wildman–Crippen LogP) is 3.43. The monoisotopic (exact) mass is 410 g/mol. The molecule has 144 valence electrons. The number of nitrogens with zero attached hydrogens (tertiary/aromatic N) is 4. The first-order valence-electron chi connectivity index (χ1n) is 8.48. The van der Waals surface area contributed by atoms with Crippen LogP contribution in [-0.4, -0.2) is 52.2 Å². The molecule has 2 heterocycles. The number of carbonyl (C=O) groups is 2. The van der Waals surface area contributed by atoms with Crippen molar-refractivity contribution in [2.24, 2.45) is 0 Å². The van der Waals surface area contributed by atoms with Crippen molar-refractivity contribution in [1.29, 1.82) is 0 Å². The molecule has 0 radical (unpaired) electrons. The Morgan fingerprint density at radius 1 is 1.15 bits per heavy atom. The lowest BCUT2D eigenvalue weighted by molar-refractivity contribution is 0.0821. The normalized spacial score (nSPS) is 13.7. The summed E-state index contributed by atoms with van der Waals surface area (Å²) < 4.78 is 7.18. The molecule has 0 spiro atoms. The Balaban J connectivity index is 1.67. The summed E-state index contributed by atoms with van der Waals surface area (Å²) >= 11 is 11.9. The summed E-state index contributed by atoms with van der Waals surface area (Å²) in [6.07, 6.45) is 0.295. The van der Waals surface area contributed by atoms with Crippen molar-refractivity contribution >= 4 is 35.2 Å². The highest BCUT2D eigenvalue weighted by Crippen LogP contribution is 2.20. The summed E-state index contributed by atoms with van der Waals surface area (Å²) in [5, 5.41) is 5.34. The van der Waals surface area contributed by atoms with Gasteiger partial charge in [-0.3, -0.25) is 9.48 Å². The molecule has 1 aliphatic heterocycles. The molecule has 1 aliphatic rings. The van der Waals surface area contributed by atoms with E-state index in [1.807, 2.05) is 0 Å². The smallest absolute Gasteiger partial charge is 0.410 e. The van der Waals surface area contributed by atoms with Gasteiger partial charge in [0.25, 0.3) is 5.91 Å². The third-order valence-corrected chi connectivity index (χ3v) is 4.62. The van der Waals surface area contributed by atoms with E-state index in [1.165, 1.54) is 4.90 Å². The average Bonchev–Trinajstić information content (AvgIpc) is 2.89. The van der Waals surface area contributed by atoms with Crippen molar-refractivity contribution in [3.05, 3.63) is 51.3 Å². The summed E-state index contributed by atoms with van der Waals surface area (Å²) in [5.41, 5.74) is 1.90. The lowest BCUT2D eigenvalue weighted by atomic mass is 10.2. The van der Waals surface area contributed by atoms with Gasteiger partial charge < -0.3 is 14.5 Å². The molecular weight excluding hydrogens is 391 g/mol. The molecule has 0 fully saturated rings. The van der Waals surface area contributed by atoms with Gasteiger partial charge in [0.1, 0.15) is 6.61 Å². The summed E-state index contributed by atoms with van der Waals surface area (Å²) in [7, 11) is 3.36. The molecule has 2 amide bonds. The van der Waals surface area contributed by atoms with E-state index in [0.717, 1.165) is 17.7 Å². The molecule has 0 aliphatic carbocycles. The van der Waals surface area contributed by atoms with Crippen LogP contribution in [0.1, 0.15) is 28.2 Å². The zero-order chi connectivity index (χ0) is 19.6.